The summed E-state index contributed by atoms with van der Waals surface area (Å²) in [6, 6.07) is 5.72. The molecule has 0 radical (unpaired) electrons. The minimum atomic E-state index is -3.13. The molecule has 4 N–H and O–H groups in total. The summed E-state index contributed by atoms with van der Waals surface area (Å²) in [4.78, 5) is 4.22. The van der Waals surface area contributed by atoms with Crippen LogP contribution in [0, 0.1) is 0 Å². The molecule has 0 fully saturated rings. The van der Waals surface area contributed by atoms with Crippen LogP contribution in [0.3, 0.4) is 0 Å². The normalized spacial score (nSPS) is 11.8. The van der Waals surface area contributed by atoms with Gasteiger partial charge in [0.1, 0.15) is 5.52 Å². The van der Waals surface area contributed by atoms with Crippen molar-refractivity contribution in [2.75, 3.05) is 30.4 Å². The van der Waals surface area contributed by atoms with E-state index in [9.17, 15) is 8.42 Å². The van der Waals surface area contributed by atoms with Crippen LogP contribution in [-0.2, 0) is 10.0 Å². The highest BCUT2D eigenvalue weighted by molar-refractivity contribution is 7.88. The van der Waals surface area contributed by atoms with E-state index < -0.39 is 10.0 Å². The first kappa shape index (κ1) is 13.6. The molecule has 0 unspecified atom stereocenters. The summed E-state index contributed by atoms with van der Waals surface area (Å²) in [6.07, 6.45) is 1.76. The summed E-state index contributed by atoms with van der Waals surface area (Å²) in [5, 5.41) is 2.98. The molecule has 2 aromatic rings. The highest BCUT2D eigenvalue weighted by atomic mass is 32.2. The molecular formula is C11H16N4O3S. The maximum Gasteiger partial charge on any atom is 0.295 e. The number of aromatic nitrogens is 1. The lowest BCUT2D eigenvalue weighted by molar-refractivity contribution is 0.585. The molecule has 7 nitrogen and oxygen atoms in total. The molecule has 0 spiro atoms. The van der Waals surface area contributed by atoms with Gasteiger partial charge in [0.05, 0.1) is 11.9 Å². The van der Waals surface area contributed by atoms with Crippen LogP contribution in [0.2, 0.25) is 0 Å². The Kier molecular flexibility index (Phi) is 3.91. The number of nitrogens with one attached hydrogen (secondary N) is 2. The van der Waals surface area contributed by atoms with E-state index in [1.54, 1.807) is 18.2 Å². The van der Waals surface area contributed by atoms with Gasteiger partial charge in [0.15, 0.2) is 5.58 Å². The molecule has 0 aliphatic heterocycles. The smallest absolute Gasteiger partial charge is 0.295 e. The van der Waals surface area contributed by atoms with E-state index in [2.05, 4.69) is 15.0 Å². The standard InChI is InChI=1S/C11H16N4O3S/c1-19(16,17)14-7-3-6-13-11-15-10-8(12)4-2-5-9(10)18-11/h2,4-5,14H,3,6-7,12H2,1H3,(H,13,15). The summed E-state index contributed by atoms with van der Waals surface area (Å²) in [5.41, 5.74) is 7.58. The monoisotopic (exact) mass is 284 g/mol. The average Bonchev–Trinajstić information content (AvgIpc) is 2.71. The zero-order chi connectivity index (χ0) is 13.9. The zero-order valence-electron chi connectivity index (χ0n) is 10.5. The van der Waals surface area contributed by atoms with Gasteiger partial charge in [-0.3, -0.25) is 0 Å². The van der Waals surface area contributed by atoms with E-state index in [1.807, 2.05) is 0 Å². The second kappa shape index (κ2) is 5.45. The first-order valence-electron chi connectivity index (χ1n) is 5.79. The number of rotatable bonds is 6. The number of fused-ring (bicyclic) bond motifs is 1. The molecule has 1 aromatic carbocycles. The minimum Gasteiger partial charge on any atom is -0.423 e. The summed E-state index contributed by atoms with van der Waals surface area (Å²) < 4.78 is 29.5. The van der Waals surface area contributed by atoms with Crippen molar-refractivity contribution in [3.05, 3.63) is 18.2 Å². The molecule has 0 bridgehead atoms. The number of benzene rings is 1. The Morgan fingerprint density at radius 3 is 2.84 bits per heavy atom. The van der Waals surface area contributed by atoms with Crippen LogP contribution in [0.5, 0.6) is 0 Å². The Morgan fingerprint density at radius 1 is 1.37 bits per heavy atom. The van der Waals surface area contributed by atoms with Gasteiger partial charge in [-0.2, -0.15) is 4.98 Å². The summed E-state index contributed by atoms with van der Waals surface area (Å²) in [6.45, 7) is 0.920. The predicted molar refractivity (Wildman–Crippen MR) is 74.4 cm³/mol. The number of sulfonamides is 1. The van der Waals surface area contributed by atoms with Gasteiger partial charge in [-0.15, -0.1) is 0 Å². The lowest BCUT2D eigenvalue weighted by Gasteiger charge is -2.02. The number of oxazole rings is 1. The third-order valence-electron chi connectivity index (χ3n) is 2.44. The van der Waals surface area contributed by atoms with E-state index in [1.165, 1.54) is 0 Å². The topological polar surface area (TPSA) is 110 Å². The molecule has 0 aliphatic rings. The van der Waals surface area contributed by atoms with Crippen molar-refractivity contribution >= 4 is 32.8 Å². The van der Waals surface area contributed by atoms with E-state index in [4.69, 9.17) is 10.2 Å². The molecule has 0 saturated heterocycles. The molecule has 1 aromatic heterocycles. The van der Waals surface area contributed by atoms with Crippen molar-refractivity contribution in [1.29, 1.82) is 0 Å². The van der Waals surface area contributed by atoms with Crippen molar-refractivity contribution in [2.45, 2.75) is 6.42 Å². The van der Waals surface area contributed by atoms with Crippen LogP contribution < -0.4 is 15.8 Å². The molecule has 0 aliphatic carbocycles. The van der Waals surface area contributed by atoms with Gasteiger partial charge in [-0.25, -0.2) is 13.1 Å². The van der Waals surface area contributed by atoms with Crippen molar-refractivity contribution in [3.8, 4) is 0 Å². The average molecular weight is 284 g/mol. The molecule has 19 heavy (non-hydrogen) atoms. The van der Waals surface area contributed by atoms with Gasteiger partial charge in [0.2, 0.25) is 10.0 Å². The zero-order valence-corrected chi connectivity index (χ0v) is 11.3. The van der Waals surface area contributed by atoms with Gasteiger partial charge < -0.3 is 15.5 Å². The van der Waals surface area contributed by atoms with Crippen molar-refractivity contribution in [1.82, 2.24) is 9.71 Å². The Hall–Kier alpha value is -1.80. The van der Waals surface area contributed by atoms with Gasteiger partial charge in [0, 0.05) is 13.1 Å². The molecule has 8 heteroatoms. The van der Waals surface area contributed by atoms with Crippen LogP contribution in [0.25, 0.3) is 11.1 Å². The highest BCUT2D eigenvalue weighted by Gasteiger charge is 2.07. The largest absolute Gasteiger partial charge is 0.423 e. The van der Waals surface area contributed by atoms with Crippen molar-refractivity contribution < 1.29 is 12.8 Å². The second-order valence-corrected chi connectivity index (χ2v) is 5.99. The summed E-state index contributed by atoms with van der Waals surface area (Å²) >= 11 is 0. The summed E-state index contributed by atoms with van der Waals surface area (Å²) in [5.74, 6) is 0. The summed E-state index contributed by atoms with van der Waals surface area (Å²) in [7, 11) is -3.13. The number of nitrogens with zero attached hydrogens (tertiary/aromatic N) is 1. The van der Waals surface area contributed by atoms with Gasteiger partial charge in [-0.05, 0) is 18.6 Å². The molecular weight excluding hydrogens is 268 g/mol. The Balaban J connectivity index is 1.87. The molecule has 1 heterocycles. The molecule has 2 rings (SSSR count). The predicted octanol–water partition coefficient (Wildman–Crippen LogP) is 0.761. The quantitative estimate of drug-likeness (QED) is 0.533. The maximum atomic E-state index is 10.8. The third-order valence-corrected chi connectivity index (χ3v) is 3.17. The molecule has 0 atom stereocenters. The lowest BCUT2D eigenvalue weighted by atomic mass is 10.3. The van der Waals surface area contributed by atoms with E-state index >= 15 is 0 Å². The van der Waals surface area contributed by atoms with Gasteiger partial charge in [0.25, 0.3) is 6.01 Å². The van der Waals surface area contributed by atoms with Crippen LogP contribution >= 0.6 is 0 Å². The van der Waals surface area contributed by atoms with Crippen molar-refractivity contribution in [3.63, 3.8) is 0 Å². The van der Waals surface area contributed by atoms with Crippen LogP contribution in [-0.4, -0.2) is 32.7 Å². The number of nitrogens with two attached hydrogens (primary N) is 1. The number of para-hydroxylation sites is 1. The third kappa shape index (κ3) is 3.83. The molecule has 104 valence electrons. The number of anilines is 2. The van der Waals surface area contributed by atoms with Gasteiger partial charge >= 0.3 is 0 Å². The number of hydrogen-bond acceptors (Lipinski definition) is 6. The lowest BCUT2D eigenvalue weighted by Crippen LogP contribution is -2.24. The maximum absolute atomic E-state index is 10.8. The van der Waals surface area contributed by atoms with Crippen LogP contribution in [0.4, 0.5) is 11.7 Å². The van der Waals surface area contributed by atoms with E-state index in [0.717, 1.165) is 6.26 Å². The fourth-order valence-electron chi connectivity index (χ4n) is 1.59. The first-order chi connectivity index (χ1) is 8.96. The van der Waals surface area contributed by atoms with Crippen LogP contribution in [0.15, 0.2) is 22.6 Å². The number of hydrogen-bond donors (Lipinski definition) is 3. The Labute approximate surface area is 111 Å². The highest BCUT2D eigenvalue weighted by Crippen LogP contribution is 2.23. The Morgan fingerprint density at radius 2 is 2.16 bits per heavy atom. The Bertz CT molecular complexity index is 666. The minimum absolute atomic E-state index is 0.369. The second-order valence-electron chi connectivity index (χ2n) is 4.16. The molecule has 0 saturated carbocycles. The van der Waals surface area contributed by atoms with Gasteiger partial charge in [-0.1, -0.05) is 6.07 Å². The first-order valence-corrected chi connectivity index (χ1v) is 7.68. The SMILES string of the molecule is CS(=O)(=O)NCCCNc1nc2c(N)cccc2o1. The van der Waals surface area contributed by atoms with E-state index in [0.29, 0.717) is 42.3 Å². The number of nitrogen functional groups attached to an aromatic ring is 1. The van der Waals surface area contributed by atoms with Crippen LogP contribution in [0.1, 0.15) is 6.42 Å². The van der Waals surface area contributed by atoms with Crippen molar-refractivity contribution in [2.24, 2.45) is 0 Å². The fraction of sp³-hybridized carbons (Fsp3) is 0.364. The van der Waals surface area contributed by atoms with E-state index in [-0.39, 0.29) is 0 Å². The fourth-order valence-corrected chi connectivity index (χ4v) is 2.10. The molecule has 0 amide bonds.